The largest absolute Gasteiger partial charge is 0.384 e. The Balaban J connectivity index is 1.35. The summed E-state index contributed by atoms with van der Waals surface area (Å²) in [6.07, 6.45) is 3.10. The fraction of sp³-hybridized carbons (Fsp3) is 0.333. The molecule has 6 heteroatoms. The molecule has 1 unspecified atom stereocenters. The third kappa shape index (κ3) is 4.74. The van der Waals surface area contributed by atoms with Gasteiger partial charge in [0.1, 0.15) is 0 Å². The predicted molar refractivity (Wildman–Crippen MR) is 123 cm³/mol. The van der Waals surface area contributed by atoms with Crippen molar-refractivity contribution in [2.45, 2.75) is 18.9 Å². The fourth-order valence-electron chi connectivity index (χ4n) is 4.06. The minimum atomic E-state index is 0.124. The van der Waals surface area contributed by atoms with Gasteiger partial charge in [0.25, 0.3) is 0 Å². The number of likely N-dealkylation sites (N-methyl/N-ethyl adjacent to an activating group) is 1. The van der Waals surface area contributed by atoms with Crippen molar-refractivity contribution in [2.24, 2.45) is 0 Å². The molecule has 2 heterocycles. The lowest BCUT2D eigenvalue weighted by atomic mass is 10.0. The summed E-state index contributed by atoms with van der Waals surface area (Å²) in [5, 5.41) is 5.17. The van der Waals surface area contributed by atoms with Gasteiger partial charge >= 0.3 is 0 Å². The molecule has 0 bridgehead atoms. The second-order valence-corrected chi connectivity index (χ2v) is 8.26. The van der Waals surface area contributed by atoms with Crippen molar-refractivity contribution >= 4 is 34.1 Å². The number of pyridine rings is 1. The highest BCUT2D eigenvalue weighted by Crippen LogP contribution is 2.26. The van der Waals surface area contributed by atoms with E-state index >= 15 is 0 Å². The summed E-state index contributed by atoms with van der Waals surface area (Å²) in [5.41, 5.74) is 3.09. The first-order valence-electron chi connectivity index (χ1n) is 10.4. The van der Waals surface area contributed by atoms with E-state index in [1.807, 2.05) is 42.5 Å². The van der Waals surface area contributed by atoms with Crippen molar-refractivity contribution in [3.8, 4) is 0 Å². The minimum Gasteiger partial charge on any atom is -0.384 e. The molecule has 1 atom stereocenters. The number of nitrogens with one attached hydrogen (secondary N) is 1. The van der Waals surface area contributed by atoms with Gasteiger partial charge in [-0.05, 0) is 43.3 Å². The maximum Gasteiger partial charge on any atom is 0.223 e. The number of anilines is 1. The molecule has 1 N–H and O–H groups in total. The summed E-state index contributed by atoms with van der Waals surface area (Å²) in [6, 6.07) is 18.1. The van der Waals surface area contributed by atoms with Gasteiger partial charge in [-0.1, -0.05) is 41.9 Å². The Labute approximate surface area is 182 Å². The van der Waals surface area contributed by atoms with Crippen LogP contribution in [-0.4, -0.2) is 53.9 Å². The highest BCUT2D eigenvalue weighted by atomic mass is 35.5. The zero-order valence-corrected chi connectivity index (χ0v) is 18.0. The maximum absolute atomic E-state index is 13.0. The van der Waals surface area contributed by atoms with Crippen LogP contribution in [0.15, 0.2) is 60.8 Å². The molecule has 1 aromatic heterocycles. The molecule has 3 aromatic rings. The van der Waals surface area contributed by atoms with Crippen LogP contribution in [0, 0.1) is 0 Å². The van der Waals surface area contributed by atoms with Gasteiger partial charge in [0.15, 0.2) is 0 Å². The van der Waals surface area contributed by atoms with Crippen LogP contribution in [0.25, 0.3) is 10.9 Å². The van der Waals surface area contributed by atoms with E-state index in [0.717, 1.165) is 49.2 Å². The molecule has 2 aromatic carbocycles. The number of benzene rings is 2. The molecule has 156 valence electrons. The number of hydrogen-bond acceptors (Lipinski definition) is 4. The van der Waals surface area contributed by atoms with Crippen LogP contribution < -0.4 is 5.32 Å². The second-order valence-electron chi connectivity index (χ2n) is 7.83. The van der Waals surface area contributed by atoms with Crippen molar-refractivity contribution in [1.82, 2.24) is 14.8 Å². The SMILES string of the molecule is CN1CCN(C(=O)CCCNc2ccnc3cc(Cl)ccc23)C(c2ccccc2)C1. The molecule has 0 spiro atoms. The maximum atomic E-state index is 13.0. The molecular weight excluding hydrogens is 396 g/mol. The molecule has 1 amide bonds. The van der Waals surface area contributed by atoms with E-state index in [2.05, 4.69) is 39.3 Å². The Morgan fingerprint density at radius 2 is 2.00 bits per heavy atom. The second kappa shape index (κ2) is 9.45. The van der Waals surface area contributed by atoms with Crippen molar-refractivity contribution < 1.29 is 4.79 Å². The first kappa shape index (κ1) is 20.6. The van der Waals surface area contributed by atoms with Gasteiger partial charge in [-0.3, -0.25) is 9.78 Å². The number of amides is 1. The van der Waals surface area contributed by atoms with Crippen LogP contribution in [0.5, 0.6) is 0 Å². The number of fused-ring (bicyclic) bond motifs is 1. The van der Waals surface area contributed by atoms with E-state index < -0.39 is 0 Å². The molecule has 1 saturated heterocycles. The average molecular weight is 423 g/mol. The Morgan fingerprint density at radius 3 is 2.83 bits per heavy atom. The number of piperazine rings is 1. The lowest BCUT2D eigenvalue weighted by Gasteiger charge is -2.40. The molecule has 0 saturated carbocycles. The van der Waals surface area contributed by atoms with E-state index in [-0.39, 0.29) is 11.9 Å². The van der Waals surface area contributed by atoms with Gasteiger partial charge in [-0.25, -0.2) is 0 Å². The summed E-state index contributed by atoms with van der Waals surface area (Å²) in [5.74, 6) is 0.227. The zero-order chi connectivity index (χ0) is 20.9. The van der Waals surface area contributed by atoms with Crippen molar-refractivity contribution in [2.75, 3.05) is 38.5 Å². The lowest BCUT2D eigenvalue weighted by molar-refractivity contribution is -0.136. The molecular formula is C24H27ClN4O. The van der Waals surface area contributed by atoms with Gasteiger partial charge in [0, 0.05) is 54.9 Å². The minimum absolute atomic E-state index is 0.124. The van der Waals surface area contributed by atoms with Gasteiger partial charge in [-0.15, -0.1) is 0 Å². The standard InChI is InChI=1S/C24H27ClN4O/c1-28-14-15-29(23(17-28)18-6-3-2-4-7-18)24(30)8-5-12-26-21-11-13-27-22-16-19(25)9-10-20(21)22/h2-4,6-7,9-11,13,16,23H,5,8,12,14-15,17H2,1H3,(H,26,27). The van der Waals surface area contributed by atoms with Crippen LogP contribution >= 0.6 is 11.6 Å². The first-order chi connectivity index (χ1) is 14.6. The molecule has 30 heavy (non-hydrogen) atoms. The number of hydrogen-bond donors (Lipinski definition) is 1. The molecule has 0 radical (unpaired) electrons. The van der Waals surface area contributed by atoms with Crippen LogP contribution in [0.3, 0.4) is 0 Å². The Hall–Kier alpha value is -2.63. The zero-order valence-electron chi connectivity index (χ0n) is 17.2. The number of halogens is 1. The molecule has 1 aliphatic rings. The Bertz CT molecular complexity index is 1010. The van der Waals surface area contributed by atoms with Crippen molar-refractivity contribution in [3.05, 3.63) is 71.4 Å². The van der Waals surface area contributed by atoms with E-state index in [1.54, 1.807) is 6.20 Å². The number of carbonyl (C=O) groups is 1. The van der Waals surface area contributed by atoms with Crippen LogP contribution in [0.2, 0.25) is 5.02 Å². The van der Waals surface area contributed by atoms with E-state index in [1.165, 1.54) is 5.56 Å². The van der Waals surface area contributed by atoms with E-state index in [4.69, 9.17) is 11.6 Å². The van der Waals surface area contributed by atoms with Gasteiger partial charge in [-0.2, -0.15) is 0 Å². The molecule has 0 aliphatic carbocycles. The molecule has 5 nitrogen and oxygen atoms in total. The van der Waals surface area contributed by atoms with Gasteiger partial charge in [0.05, 0.1) is 11.6 Å². The van der Waals surface area contributed by atoms with Crippen LogP contribution in [-0.2, 0) is 4.79 Å². The lowest BCUT2D eigenvalue weighted by Crippen LogP contribution is -2.49. The Kier molecular flexibility index (Phi) is 6.50. The van der Waals surface area contributed by atoms with Gasteiger partial charge < -0.3 is 15.1 Å². The number of rotatable bonds is 6. The van der Waals surface area contributed by atoms with Crippen molar-refractivity contribution in [1.29, 1.82) is 0 Å². The van der Waals surface area contributed by atoms with Crippen molar-refractivity contribution in [3.63, 3.8) is 0 Å². The van der Waals surface area contributed by atoms with E-state index in [0.29, 0.717) is 11.4 Å². The first-order valence-corrected chi connectivity index (χ1v) is 10.8. The normalized spacial score (nSPS) is 17.3. The smallest absolute Gasteiger partial charge is 0.223 e. The Morgan fingerprint density at radius 1 is 1.17 bits per heavy atom. The fourth-order valence-corrected chi connectivity index (χ4v) is 4.23. The number of aromatic nitrogens is 1. The quantitative estimate of drug-likeness (QED) is 0.590. The topological polar surface area (TPSA) is 48.5 Å². The summed E-state index contributed by atoms with van der Waals surface area (Å²) < 4.78 is 0. The van der Waals surface area contributed by atoms with Crippen LogP contribution in [0.1, 0.15) is 24.4 Å². The highest BCUT2D eigenvalue weighted by molar-refractivity contribution is 6.31. The molecule has 4 rings (SSSR count). The third-order valence-electron chi connectivity index (χ3n) is 5.68. The molecule has 1 fully saturated rings. The average Bonchev–Trinajstić information content (AvgIpc) is 2.77. The predicted octanol–water partition coefficient (Wildman–Crippen LogP) is 4.60. The summed E-state index contributed by atoms with van der Waals surface area (Å²) in [7, 11) is 2.12. The summed E-state index contributed by atoms with van der Waals surface area (Å²) in [4.78, 5) is 21.7. The monoisotopic (exact) mass is 422 g/mol. The molecule has 1 aliphatic heterocycles. The summed E-state index contributed by atoms with van der Waals surface area (Å²) >= 11 is 6.07. The van der Waals surface area contributed by atoms with Gasteiger partial charge in [0.2, 0.25) is 5.91 Å². The highest BCUT2D eigenvalue weighted by Gasteiger charge is 2.29. The third-order valence-corrected chi connectivity index (χ3v) is 5.91. The summed E-state index contributed by atoms with van der Waals surface area (Å²) in [6.45, 7) is 3.30. The van der Waals surface area contributed by atoms with Crippen LogP contribution in [0.4, 0.5) is 5.69 Å². The number of carbonyl (C=O) groups excluding carboxylic acids is 1. The van der Waals surface area contributed by atoms with E-state index in [9.17, 15) is 4.79 Å². The number of nitrogens with zero attached hydrogens (tertiary/aromatic N) is 3.